The van der Waals surface area contributed by atoms with Crippen LogP contribution in [0.2, 0.25) is 0 Å². The Morgan fingerprint density at radius 1 is 1.00 bits per heavy atom. The van der Waals surface area contributed by atoms with Gasteiger partial charge in [0.1, 0.15) is 5.69 Å². The quantitative estimate of drug-likeness (QED) is 0.822. The molecular formula is C15H15N5O. The van der Waals surface area contributed by atoms with Gasteiger partial charge in [-0.25, -0.2) is 9.36 Å². The van der Waals surface area contributed by atoms with Crippen LogP contribution in [0.3, 0.4) is 0 Å². The number of carbonyl (C=O) groups excluding carboxylic acids is 1. The fraction of sp³-hybridized carbons (Fsp3) is 0. The van der Waals surface area contributed by atoms with Gasteiger partial charge in [0, 0.05) is 31.0 Å². The smallest absolute Gasteiger partial charge is 0.269 e. The lowest BCUT2D eigenvalue weighted by Gasteiger charge is -1.88. The Balaban J connectivity index is 1.79. The van der Waals surface area contributed by atoms with Crippen molar-refractivity contribution in [1.29, 1.82) is 0 Å². The lowest BCUT2D eigenvalue weighted by molar-refractivity contribution is 0.0995. The first-order chi connectivity index (χ1) is 10.3. The number of rotatable bonds is 6. The molecule has 0 spiro atoms. The molecule has 21 heavy (non-hydrogen) atoms. The lowest BCUT2D eigenvalue weighted by atomic mass is 10.4. The van der Waals surface area contributed by atoms with Crippen LogP contribution in [-0.2, 0) is 0 Å². The largest absolute Gasteiger partial charge is 0.364 e. The van der Waals surface area contributed by atoms with Crippen molar-refractivity contribution in [3.63, 3.8) is 0 Å². The maximum Gasteiger partial charge on any atom is 0.269 e. The number of amides is 1. The number of nitrogens with zero attached hydrogens (tertiary/aromatic N) is 4. The molecule has 0 saturated heterocycles. The second-order valence-electron chi connectivity index (χ2n) is 3.98. The van der Waals surface area contributed by atoms with Crippen LogP contribution in [0.5, 0.6) is 0 Å². The summed E-state index contributed by atoms with van der Waals surface area (Å²) in [7, 11) is 0. The molecule has 1 amide bonds. The Hall–Kier alpha value is -3.15. The minimum Gasteiger partial charge on any atom is -0.364 e. The van der Waals surface area contributed by atoms with Crippen LogP contribution in [0.25, 0.3) is 12.4 Å². The van der Waals surface area contributed by atoms with Gasteiger partial charge in [0.2, 0.25) is 0 Å². The van der Waals surface area contributed by atoms with E-state index in [0.717, 1.165) is 0 Å². The van der Waals surface area contributed by atoms with Crippen LogP contribution in [-0.4, -0.2) is 25.5 Å². The van der Waals surface area contributed by atoms with Crippen LogP contribution >= 0.6 is 0 Å². The molecule has 0 fully saturated rings. The van der Waals surface area contributed by atoms with E-state index in [1.165, 1.54) is 4.68 Å². The van der Waals surface area contributed by atoms with Crippen LogP contribution in [0.15, 0.2) is 67.2 Å². The molecule has 2 rings (SSSR count). The lowest BCUT2D eigenvalue weighted by Crippen LogP contribution is -2.11. The van der Waals surface area contributed by atoms with Crippen LogP contribution < -0.4 is 5.73 Å². The Labute approximate surface area is 122 Å². The molecule has 0 aromatic carbocycles. The number of carbonyl (C=O) groups is 1. The van der Waals surface area contributed by atoms with Gasteiger partial charge in [-0.05, 0) is 24.3 Å². The zero-order valence-corrected chi connectivity index (χ0v) is 11.3. The van der Waals surface area contributed by atoms with E-state index in [1.807, 2.05) is 48.8 Å². The maximum atomic E-state index is 10.9. The standard InChI is InChI=1S/C15H15N5O/c16-15(21)14-8-13-20(18-14)11-6-4-2-1-3-5-10-19-12-7-9-17-19/h1-13H,(H2,16,21)/b3-1+,4-2+,10-5+,11-6+. The second-order valence-corrected chi connectivity index (χ2v) is 3.98. The maximum absolute atomic E-state index is 10.9. The van der Waals surface area contributed by atoms with Crippen molar-refractivity contribution in [2.24, 2.45) is 5.73 Å². The number of allylic oxidation sites excluding steroid dienone is 6. The Bertz CT molecular complexity index is 689. The van der Waals surface area contributed by atoms with E-state index < -0.39 is 5.91 Å². The Kier molecular flexibility index (Phi) is 5.05. The molecule has 0 atom stereocenters. The monoisotopic (exact) mass is 281 g/mol. The number of aromatic nitrogens is 4. The minimum absolute atomic E-state index is 0.243. The molecule has 0 aliphatic heterocycles. The summed E-state index contributed by atoms with van der Waals surface area (Å²) < 4.78 is 3.23. The molecule has 6 heteroatoms. The molecule has 0 aliphatic rings. The molecule has 0 unspecified atom stereocenters. The molecular weight excluding hydrogens is 266 g/mol. The fourth-order valence-electron chi connectivity index (χ4n) is 1.45. The molecule has 2 heterocycles. The topological polar surface area (TPSA) is 78.7 Å². The Morgan fingerprint density at radius 2 is 1.67 bits per heavy atom. The third-order valence-electron chi connectivity index (χ3n) is 2.42. The van der Waals surface area contributed by atoms with Crippen LogP contribution in [0, 0.1) is 0 Å². The highest BCUT2D eigenvalue weighted by Crippen LogP contribution is 1.95. The van der Waals surface area contributed by atoms with Gasteiger partial charge in [-0.2, -0.15) is 10.2 Å². The summed E-state index contributed by atoms with van der Waals surface area (Å²) in [6.07, 6.45) is 20.0. The molecule has 0 aliphatic carbocycles. The van der Waals surface area contributed by atoms with Crippen molar-refractivity contribution >= 4 is 18.3 Å². The molecule has 0 saturated carbocycles. The average Bonchev–Trinajstić information content (AvgIpc) is 3.13. The van der Waals surface area contributed by atoms with E-state index in [9.17, 15) is 4.79 Å². The van der Waals surface area contributed by atoms with Crippen molar-refractivity contribution < 1.29 is 4.79 Å². The van der Waals surface area contributed by atoms with Crippen molar-refractivity contribution in [1.82, 2.24) is 19.6 Å². The minimum atomic E-state index is -0.537. The van der Waals surface area contributed by atoms with Gasteiger partial charge in [0.05, 0.1) is 0 Å². The van der Waals surface area contributed by atoms with Gasteiger partial charge in [-0.3, -0.25) is 4.79 Å². The predicted molar refractivity (Wildman–Crippen MR) is 81.9 cm³/mol. The molecule has 0 bridgehead atoms. The van der Waals surface area contributed by atoms with Crippen molar-refractivity contribution in [3.8, 4) is 0 Å². The molecule has 2 N–H and O–H groups in total. The summed E-state index contributed by atoms with van der Waals surface area (Å²) in [5.41, 5.74) is 5.35. The first-order valence-electron chi connectivity index (χ1n) is 6.28. The highest BCUT2D eigenvalue weighted by atomic mass is 16.1. The van der Waals surface area contributed by atoms with Crippen molar-refractivity contribution in [3.05, 3.63) is 72.9 Å². The number of nitrogens with two attached hydrogens (primary N) is 1. The zero-order chi connectivity index (χ0) is 14.9. The van der Waals surface area contributed by atoms with Gasteiger partial charge < -0.3 is 5.73 Å². The van der Waals surface area contributed by atoms with E-state index in [-0.39, 0.29) is 5.69 Å². The van der Waals surface area contributed by atoms with Gasteiger partial charge in [0.15, 0.2) is 0 Å². The van der Waals surface area contributed by atoms with E-state index in [1.54, 1.807) is 35.4 Å². The number of hydrogen-bond acceptors (Lipinski definition) is 3. The summed E-state index contributed by atoms with van der Waals surface area (Å²) in [6.45, 7) is 0. The van der Waals surface area contributed by atoms with Gasteiger partial charge >= 0.3 is 0 Å². The van der Waals surface area contributed by atoms with Gasteiger partial charge in [0.25, 0.3) is 5.91 Å². The molecule has 0 radical (unpaired) electrons. The second kappa shape index (κ2) is 7.44. The summed E-state index contributed by atoms with van der Waals surface area (Å²) in [6, 6.07) is 3.42. The molecule has 6 nitrogen and oxygen atoms in total. The Morgan fingerprint density at radius 3 is 2.24 bits per heavy atom. The SMILES string of the molecule is NC(=O)c1ccn(/C=C/C=C/C=C/C=C/n2cccn2)n1. The third-order valence-corrected chi connectivity index (χ3v) is 2.42. The van der Waals surface area contributed by atoms with E-state index in [0.29, 0.717) is 0 Å². The summed E-state index contributed by atoms with van der Waals surface area (Å²) in [5.74, 6) is -0.537. The van der Waals surface area contributed by atoms with Crippen molar-refractivity contribution in [2.45, 2.75) is 0 Å². The summed E-state index contributed by atoms with van der Waals surface area (Å²) in [4.78, 5) is 10.9. The molecule has 2 aromatic rings. The fourth-order valence-corrected chi connectivity index (χ4v) is 1.45. The van der Waals surface area contributed by atoms with E-state index in [4.69, 9.17) is 5.73 Å². The highest BCUT2D eigenvalue weighted by Gasteiger charge is 2.01. The summed E-state index contributed by atoms with van der Waals surface area (Å²) >= 11 is 0. The van der Waals surface area contributed by atoms with Gasteiger partial charge in [-0.1, -0.05) is 24.3 Å². The summed E-state index contributed by atoms with van der Waals surface area (Å²) in [5, 5.41) is 8.00. The molecule has 2 aromatic heterocycles. The van der Waals surface area contributed by atoms with E-state index in [2.05, 4.69) is 10.2 Å². The van der Waals surface area contributed by atoms with Crippen LogP contribution in [0.4, 0.5) is 0 Å². The predicted octanol–water partition coefficient (Wildman–Crippen LogP) is 1.93. The third kappa shape index (κ3) is 4.79. The highest BCUT2D eigenvalue weighted by molar-refractivity contribution is 5.90. The normalized spacial score (nSPS) is 12.4. The zero-order valence-electron chi connectivity index (χ0n) is 11.3. The first-order valence-corrected chi connectivity index (χ1v) is 6.28. The number of primary amides is 1. The number of hydrogen-bond donors (Lipinski definition) is 1. The average molecular weight is 281 g/mol. The van der Waals surface area contributed by atoms with Crippen LogP contribution in [0.1, 0.15) is 10.5 Å². The molecule has 106 valence electrons. The van der Waals surface area contributed by atoms with E-state index >= 15 is 0 Å². The van der Waals surface area contributed by atoms with Gasteiger partial charge in [-0.15, -0.1) is 0 Å². The first kappa shape index (κ1) is 14.3. The van der Waals surface area contributed by atoms with Crippen molar-refractivity contribution in [2.75, 3.05) is 0 Å².